The van der Waals surface area contributed by atoms with Crippen molar-refractivity contribution >= 4 is 22.9 Å². The SMILES string of the molecule is CCn1ncc2cc(C(=O)N3CC(C(=O)O)CCC3C)c(C)nc21. The Morgan fingerprint density at radius 2 is 2.12 bits per heavy atom. The first-order chi connectivity index (χ1) is 11.4. The first-order valence-electron chi connectivity index (χ1n) is 8.29. The molecule has 2 aromatic heterocycles. The van der Waals surface area contributed by atoms with Crippen LogP contribution in [0.25, 0.3) is 11.0 Å². The number of carbonyl (C=O) groups excluding carboxylic acids is 1. The average molecular weight is 330 g/mol. The van der Waals surface area contributed by atoms with Gasteiger partial charge in [0.2, 0.25) is 0 Å². The number of carboxylic acid groups (broad SMARTS) is 1. The van der Waals surface area contributed by atoms with Crippen LogP contribution in [0.4, 0.5) is 0 Å². The third-order valence-electron chi connectivity index (χ3n) is 4.82. The molecule has 3 rings (SSSR count). The van der Waals surface area contributed by atoms with Gasteiger partial charge in [-0.1, -0.05) is 0 Å². The molecular formula is C17H22N4O3. The minimum absolute atomic E-state index is 0.0292. The van der Waals surface area contributed by atoms with E-state index in [4.69, 9.17) is 0 Å². The highest BCUT2D eigenvalue weighted by molar-refractivity contribution is 5.98. The number of amides is 1. The van der Waals surface area contributed by atoms with Crippen molar-refractivity contribution in [3.63, 3.8) is 0 Å². The summed E-state index contributed by atoms with van der Waals surface area (Å²) < 4.78 is 1.79. The maximum atomic E-state index is 13.0. The number of hydrogen-bond donors (Lipinski definition) is 1. The second-order valence-corrected chi connectivity index (χ2v) is 6.41. The van der Waals surface area contributed by atoms with Crippen LogP contribution in [-0.2, 0) is 11.3 Å². The zero-order valence-corrected chi connectivity index (χ0v) is 14.2. The van der Waals surface area contributed by atoms with Gasteiger partial charge in [-0.05, 0) is 39.7 Å². The molecule has 1 amide bonds. The first kappa shape index (κ1) is 16.4. The van der Waals surface area contributed by atoms with Crippen LogP contribution in [0.5, 0.6) is 0 Å². The van der Waals surface area contributed by atoms with Crippen LogP contribution in [0, 0.1) is 12.8 Å². The van der Waals surface area contributed by atoms with E-state index in [1.54, 1.807) is 15.8 Å². The Morgan fingerprint density at radius 1 is 1.38 bits per heavy atom. The van der Waals surface area contributed by atoms with Crippen molar-refractivity contribution < 1.29 is 14.7 Å². The standard InChI is InChI=1S/C17H22N4O3/c1-4-21-15-13(8-18-21)7-14(11(3)19-15)16(22)20-9-12(17(23)24)6-5-10(20)2/h7-8,10,12H,4-6,9H2,1-3H3,(H,23,24). The third-order valence-corrected chi connectivity index (χ3v) is 4.82. The smallest absolute Gasteiger partial charge is 0.308 e. The molecule has 1 fully saturated rings. The molecular weight excluding hydrogens is 308 g/mol. The number of aryl methyl sites for hydroxylation is 2. The van der Waals surface area contributed by atoms with Crippen LogP contribution in [0.2, 0.25) is 0 Å². The highest BCUT2D eigenvalue weighted by Crippen LogP contribution is 2.25. The van der Waals surface area contributed by atoms with Gasteiger partial charge in [0.15, 0.2) is 5.65 Å². The molecule has 3 heterocycles. The number of hydrogen-bond acceptors (Lipinski definition) is 4. The number of likely N-dealkylation sites (tertiary alicyclic amines) is 1. The van der Waals surface area contributed by atoms with Crippen molar-refractivity contribution in [2.75, 3.05) is 6.54 Å². The fourth-order valence-corrected chi connectivity index (χ4v) is 3.29. The first-order valence-corrected chi connectivity index (χ1v) is 8.29. The monoisotopic (exact) mass is 330 g/mol. The van der Waals surface area contributed by atoms with Gasteiger partial charge < -0.3 is 10.0 Å². The molecule has 128 valence electrons. The molecule has 2 atom stereocenters. The lowest BCUT2D eigenvalue weighted by molar-refractivity contribution is -0.143. The number of nitrogens with zero attached hydrogens (tertiary/aromatic N) is 4. The third kappa shape index (κ3) is 2.74. The van der Waals surface area contributed by atoms with Crippen molar-refractivity contribution in [1.82, 2.24) is 19.7 Å². The van der Waals surface area contributed by atoms with Crippen LogP contribution in [0.1, 0.15) is 42.7 Å². The largest absolute Gasteiger partial charge is 0.481 e. The zero-order chi connectivity index (χ0) is 17.4. The molecule has 0 saturated carbocycles. The van der Waals surface area contributed by atoms with E-state index in [1.165, 1.54) is 0 Å². The number of fused-ring (bicyclic) bond motifs is 1. The molecule has 24 heavy (non-hydrogen) atoms. The molecule has 0 bridgehead atoms. The maximum Gasteiger partial charge on any atom is 0.308 e. The Kier molecular flexibility index (Phi) is 4.26. The van der Waals surface area contributed by atoms with E-state index < -0.39 is 11.9 Å². The minimum Gasteiger partial charge on any atom is -0.481 e. The number of aromatic nitrogens is 3. The van der Waals surface area contributed by atoms with E-state index in [-0.39, 0.29) is 18.5 Å². The molecule has 0 aliphatic carbocycles. The van der Waals surface area contributed by atoms with Crippen LogP contribution in [0.3, 0.4) is 0 Å². The molecule has 0 radical (unpaired) electrons. The lowest BCUT2D eigenvalue weighted by atomic mass is 9.92. The molecule has 7 nitrogen and oxygen atoms in total. The lowest BCUT2D eigenvalue weighted by Crippen LogP contribution is -2.47. The number of rotatable bonds is 3. The molecule has 2 aromatic rings. The predicted octanol–water partition coefficient (Wildman–Crippen LogP) is 2.08. The predicted molar refractivity (Wildman–Crippen MR) is 88.8 cm³/mol. The molecule has 1 saturated heterocycles. The number of aliphatic carboxylic acids is 1. The van der Waals surface area contributed by atoms with Crippen molar-refractivity contribution in [3.8, 4) is 0 Å². The number of piperidine rings is 1. The average Bonchev–Trinajstić information content (AvgIpc) is 2.95. The molecule has 0 spiro atoms. The molecule has 0 aromatic carbocycles. The summed E-state index contributed by atoms with van der Waals surface area (Å²) in [7, 11) is 0. The van der Waals surface area contributed by atoms with Gasteiger partial charge >= 0.3 is 5.97 Å². The van der Waals surface area contributed by atoms with Gasteiger partial charge in [0.1, 0.15) is 0 Å². The summed E-state index contributed by atoms with van der Waals surface area (Å²) in [5.74, 6) is -1.48. The van der Waals surface area contributed by atoms with Gasteiger partial charge in [-0.2, -0.15) is 5.10 Å². The van der Waals surface area contributed by atoms with Gasteiger partial charge in [0, 0.05) is 24.5 Å². The number of pyridine rings is 1. The van der Waals surface area contributed by atoms with Crippen molar-refractivity contribution in [3.05, 3.63) is 23.5 Å². The second-order valence-electron chi connectivity index (χ2n) is 6.41. The summed E-state index contributed by atoms with van der Waals surface area (Å²) in [6.45, 7) is 6.73. The van der Waals surface area contributed by atoms with Crippen LogP contribution >= 0.6 is 0 Å². The summed E-state index contributed by atoms with van der Waals surface area (Å²) >= 11 is 0. The Hall–Kier alpha value is -2.44. The Morgan fingerprint density at radius 3 is 2.79 bits per heavy atom. The molecule has 1 aliphatic heterocycles. The van der Waals surface area contributed by atoms with Crippen LogP contribution in [0.15, 0.2) is 12.3 Å². The second kappa shape index (κ2) is 6.22. The Bertz CT molecular complexity index is 798. The van der Waals surface area contributed by atoms with Gasteiger partial charge in [0.05, 0.1) is 23.4 Å². The topological polar surface area (TPSA) is 88.3 Å². The van der Waals surface area contributed by atoms with Gasteiger partial charge in [-0.25, -0.2) is 9.67 Å². The van der Waals surface area contributed by atoms with Crippen LogP contribution < -0.4 is 0 Å². The zero-order valence-electron chi connectivity index (χ0n) is 14.2. The quantitative estimate of drug-likeness (QED) is 0.931. The number of carboxylic acids is 1. The van der Waals surface area contributed by atoms with Crippen molar-refractivity contribution in [2.45, 2.75) is 46.2 Å². The van der Waals surface area contributed by atoms with E-state index >= 15 is 0 Å². The Balaban J connectivity index is 1.95. The molecule has 7 heteroatoms. The van der Waals surface area contributed by atoms with Gasteiger partial charge in [-0.3, -0.25) is 9.59 Å². The van der Waals surface area contributed by atoms with E-state index in [2.05, 4.69) is 10.1 Å². The van der Waals surface area contributed by atoms with E-state index in [0.717, 1.165) is 11.0 Å². The molecule has 2 unspecified atom stereocenters. The van der Waals surface area contributed by atoms with Gasteiger partial charge in [0.25, 0.3) is 5.91 Å². The summed E-state index contributed by atoms with van der Waals surface area (Å²) in [5.41, 5.74) is 1.94. The van der Waals surface area contributed by atoms with E-state index in [0.29, 0.717) is 30.6 Å². The highest BCUT2D eigenvalue weighted by Gasteiger charge is 2.33. The normalized spacial score (nSPS) is 21.2. The Labute approximate surface area is 140 Å². The summed E-state index contributed by atoms with van der Waals surface area (Å²) in [4.78, 5) is 30.5. The summed E-state index contributed by atoms with van der Waals surface area (Å²) in [6.07, 6.45) is 3.02. The van der Waals surface area contributed by atoms with Crippen molar-refractivity contribution in [1.29, 1.82) is 0 Å². The molecule has 1 aliphatic rings. The minimum atomic E-state index is -0.839. The lowest BCUT2D eigenvalue weighted by Gasteiger charge is -2.36. The number of carbonyl (C=O) groups is 2. The van der Waals surface area contributed by atoms with E-state index in [1.807, 2.05) is 26.8 Å². The van der Waals surface area contributed by atoms with Crippen LogP contribution in [-0.4, -0.2) is 49.2 Å². The van der Waals surface area contributed by atoms with Gasteiger partial charge in [-0.15, -0.1) is 0 Å². The highest BCUT2D eigenvalue weighted by atomic mass is 16.4. The summed E-state index contributed by atoms with van der Waals surface area (Å²) in [6, 6.07) is 1.84. The molecule has 1 N–H and O–H groups in total. The van der Waals surface area contributed by atoms with Crippen molar-refractivity contribution in [2.24, 2.45) is 5.92 Å². The van der Waals surface area contributed by atoms with E-state index in [9.17, 15) is 14.7 Å². The fraction of sp³-hybridized carbons (Fsp3) is 0.529. The maximum absolute atomic E-state index is 13.0. The summed E-state index contributed by atoms with van der Waals surface area (Å²) in [5, 5.41) is 14.4. The fourth-order valence-electron chi connectivity index (χ4n) is 3.29.